The van der Waals surface area contributed by atoms with Crippen LogP contribution in [-0.4, -0.2) is 61.7 Å². The van der Waals surface area contributed by atoms with E-state index in [1.807, 2.05) is 31.2 Å². The van der Waals surface area contributed by atoms with Crippen LogP contribution in [0.3, 0.4) is 0 Å². The lowest BCUT2D eigenvalue weighted by molar-refractivity contribution is 0.0738. The molecule has 1 N–H and O–H groups in total. The third-order valence-corrected chi connectivity index (χ3v) is 4.82. The number of carbonyl (C=O) groups excluding carboxylic acids is 1. The zero-order valence-corrected chi connectivity index (χ0v) is 16.8. The number of nitrogens with one attached hydrogen (secondary N) is 1. The van der Waals surface area contributed by atoms with E-state index in [1.165, 1.54) is 23.9 Å². The van der Waals surface area contributed by atoms with Crippen LogP contribution in [-0.2, 0) is 7.05 Å². The Kier molecular flexibility index (Phi) is 5.38. The number of pyridine rings is 1. The molecule has 0 aliphatic carbocycles. The first kappa shape index (κ1) is 19.5. The van der Waals surface area contributed by atoms with Gasteiger partial charge in [-0.1, -0.05) is 6.07 Å². The lowest BCUT2D eigenvalue weighted by atomic mass is 10.2. The summed E-state index contributed by atoms with van der Waals surface area (Å²) in [6.07, 6.45) is 1.72. The number of hydrogen-bond acceptors (Lipinski definition) is 8. The minimum atomic E-state index is -0.245. The fourth-order valence-corrected chi connectivity index (χ4v) is 3.26. The molecular formula is C20H22N8O2. The van der Waals surface area contributed by atoms with Gasteiger partial charge in [0.15, 0.2) is 0 Å². The Morgan fingerprint density at radius 1 is 1.03 bits per heavy atom. The van der Waals surface area contributed by atoms with Gasteiger partial charge < -0.3 is 15.1 Å². The molecule has 0 spiro atoms. The van der Waals surface area contributed by atoms with Crippen LogP contribution in [0.5, 0.6) is 0 Å². The summed E-state index contributed by atoms with van der Waals surface area (Å²) in [5, 5.41) is 7.25. The van der Waals surface area contributed by atoms with Crippen molar-refractivity contribution in [2.75, 3.05) is 36.4 Å². The molecule has 0 bridgehead atoms. The van der Waals surface area contributed by atoms with Crippen LogP contribution in [0.2, 0.25) is 0 Å². The van der Waals surface area contributed by atoms with E-state index in [1.54, 1.807) is 11.1 Å². The Balaban J connectivity index is 1.44. The highest BCUT2D eigenvalue weighted by Gasteiger charge is 2.24. The van der Waals surface area contributed by atoms with Gasteiger partial charge >= 0.3 is 0 Å². The van der Waals surface area contributed by atoms with Crippen molar-refractivity contribution in [1.82, 2.24) is 29.6 Å². The van der Waals surface area contributed by atoms with Crippen LogP contribution in [0.4, 0.5) is 17.5 Å². The Hall–Kier alpha value is -3.82. The number of anilines is 3. The summed E-state index contributed by atoms with van der Waals surface area (Å²) in [7, 11) is 1.53. The Morgan fingerprint density at radius 3 is 2.53 bits per heavy atom. The van der Waals surface area contributed by atoms with Gasteiger partial charge in [0.1, 0.15) is 29.0 Å². The van der Waals surface area contributed by atoms with Crippen molar-refractivity contribution in [2.45, 2.75) is 6.92 Å². The number of amides is 1. The molecular weight excluding hydrogens is 384 g/mol. The van der Waals surface area contributed by atoms with Gasteiger partial charge in [0.2, 0.25) is 0 Å². The summed E-state index contributed by atoms with van der Waals surface area (Å²) in [6, 6.07) is 10.3. The fraction of sp³-hybridized carbons (Fsp3) is 0.300. The molecule has 30 heavy (non-hydrogen) atoms. The quantitative estimate of drug-likeness (QED) is 0.683. The van der Waals surface area contributed by atoms with E-state index in [2.05, 4.69) is 30.3 Å². The molecule has 10 heteroatoms. The molecule has 0 saturated carbocycles. The van der Waals surface area contributed by atoms with E-state index in [9.17, 15) is 9.59 Å². The molecule has 1 amide bonds. The first-order chi connectivity index (χ1) is 14.5. The fourth-order valence-electron chi connectivity index (χ4n) is 3.26. The summed E-state index contributed by atoms with van der Waals surface area (Å²) in [5.74, 6) is 2.65. The van der Waals surface area contributed by atoms with E-state index in [-0.39, 0.29) is 17.2 Å². The zero-order chi connectivity index (χ0) is 21.1. The topological polar surface area (TPSA) is 109 Å². The molecule has 3 aromatic rings. The molecule has 10 nitrogen and oxygen atoms in total. The van der Waals surface area contributed by atoms with Gasteiger partial charge in [-0.25, -0.2) is 19.6 Å². The lowest BCUT2D eigenvalue weighted by Crippen LogP contribution is -2.49. The van der Waals surface area contributed by atoms with Gasteiger partial charge in [-0.15, -0.1) is 0 Å². The van der Waals surface area contributed by atoms with Gasteiger partial charge in [-0.05, 0) is 25.1 Å². The highest BCUT2D eigenvalue weighted by Crippen LogP contribution is 2.20. The maximum absolute atomic E-state index is 12.7. The van der Waals surface area contributed by atoms with Crippen molar-refractivity contribution in [3.05, 3.63) is 64.5 Å². The Labute approximate surface area is 173 Å². The number of piperazine rings is 1. The second kappa shape index (κ2) is 8.27. The van der Waals surface area contributed by atoms with Crippen molar-refractivity contribution in [3.63, 3.8) is 0 Å². The largest absolute Gasteiger partial charge is 0.353 e. The molecule has 1 aliphatic heterocycles. The molecule has 1 saturated heterocycles. The molecule has 4 rings (SSSR count). The first-order valence-corrected chi connectivity index (χ1v) is 9.62. The minimum Gasteiger partial charge on any atom is -0.353 e. The lowest BCUT2D eigenvalue weighted by Gasteiger charge is -2.35. The smallest absolute Gasteiger partial charge is 0.274 e. The average molecular weight is 406 g/mol. The molecule has 4 heterocycles. The molecule has 0 aromatic carbocycles. The maximum atomic E-state index is 12.7. The summed E-state index contributed by atoms with van der Waals surface area (Å²) in [5.41, 5.74) is 0.0240. The summed E-state index contributed by atoms with van der Waals surface area (Å²) in [6.45, 7) is 4.19. The average Bonchev–Trinajstić information content (AvgIpc) is 2.75. The molecule has 1 aliphatic rings. The SMILES string of the molecule is Cc1nc(Nc2ccccn2)cc(N2CCN(C(=O)c3ccc(=O)n(C)n3)CC2)n1. The van der Waals surface area contributed by atoms with Crippen molar-refractivity contribution >= 4 is 23.4 Å². The van der Waals surface area contributed by atoms with E-state index in [4.69, 9.17) is 0 Å². The Bertz CT molecular complexity index is 1110. The van der Waals surface area contributed by atoms with Crippen molar-refractivity contribution in [1.29, 1.82) is 0 Å². The van der Waals surface area contributed by atoms with Crippen LogP contribution in [0.1, 0.15) is 16.3 Å². The van der Waals surface area contributed by atoms with Crippen LogP contribution in [0, 0.1) is 6.92 Å². The zero-order valence-electron chi connectivity index (χ0n) is 16.8. The Morgan fingerprint density at radius 2 is 1.83 bits per heavy atom. The normalized spacial score (nSPS) is 13.9. The first-order valence-electron chi connectivity index (χ1n) is 9.62. The van der Waals surface area contributed by atoms with Crippen LogP contribution in [0.25, 0.3) is 0 Å². The second-order valence-corrected chi connectivity index (χ2v) is 6.96. The summed E-state index contributed by atoms with van der Waals surface area (Å²) in [4.78, 5) is 41.3. The third-order valence-electron chi connectivity index (χ3n) is 4.82. The van der Waals surface area contributed by atoms with Gasteiger partial charge in [0.05, 0.1) is 0 Å². The number of hydrogen-bond donors (Lipinski definition) is 1. The van der Waals surface area contributed by atoms with Gasteiger partial charge in [0.25, 0.3) is 11.5 Å². The summed E-state index contributed by atoms with van der Waals surface area (Å²) >= 11 is 0. The van der Waals surface area contributed by atoms with E-state index in [0.29, 0.717) is 43.6 Å². The van der Waals surface area contributed by atoms with Crippen LogP contribution < -0.4 is 15.8 Å². The monoisotopic (exact) mass is 406 g/mol. The van der Waals surface area contributed by atoms with Crippen molar-refractivity contribution < 1.29 is 4.79 Å². The van der Waals surface area contributed by atoms with Crippen LogP contribution >= 0.6 is 0 Å². The van der Waals surface area contributed by atoms with Crippen LogP contribution in [0.15, 0.2) is 47.4 Å². The van der Waals surface area contributed by atoms with E-state index in [0.717, 1.165) is 5.82 Å². The standard InChI is InChI=1S/C20H22N8O2/c1-14-22-17(24-16-5-3-4-8-21-16)13-18(23-14)27-9-11-28(12-10-27)20(30)15-6-7-19(29)26(2)25-15/h3-8,13H,9-12H2,1-2H3,(H,21,22,23,24). The summed E-state index contributed by atoms with van der Waals surface area (Å²) < 4.78 is 1.17. The molecule has 3 aromatic heterocycles. The number of carbonyl (C=O) groups is 1. The molecule has 154 valence electrons. The highest BCUT2D eigenvalue weighted by atomic mass is 16.2. The van der Waals surface area contributed by atoms with E-state index >= 15 is 0 Å². The number of nitrogens with zero attached hydrogens (tertiary/aromatic N) is 7. The number of aryl methyl sites for hydroxylation is 2. The van der Waals surface area contributed by atoms with Crippen molar-refractivity contribution in [2.24, 2.45) is 7.05 Å². The maximum Gasteiger partial charge on any atom is 0.274 e. The predicted molar refractivity (Wildman–Crippen MR) is 112 cm³/mol. The van der Waals surface area contributed by atoms with Gasteiger partial charge in [0, 0.05) is 51.6 Å². The minimum absolute atomic E-state index is 0.179. The van der Waals surface area contributed by atoms with Gasteiger partial charge in [-0.3, -0.25) is 9.59 Å². The third kappa shape index (κ3) is 4.27. The van der Waals surface area contributed by atoms with E-state index < -0.39 is 0 Å². The number of rotatable bonds is 4. The highest BCUT2D eigenvalue weighted by molar-refractivity contribution is 5.92. The second-order valence-electron chi connectivity index (χ2n) is 6.96. The molecule has 0 unspecified atom stereocenters. The molecule has 0 radical (unpaired) electrons. The molecule has 0 atom stereocenters. The van der Waals surface area contributed by atoms with Crippen molar-refractivity contribution in [3.8, 4) is 0 Å². The molecule has 1 fully saturated rings. The predicted octanol–water partition coefficient (Wildman–Crippen LogP) is 0.980. The number of aromatic nitrogens is 5. The van der Waals surface area contributed by atoms with Gasteiger partial charge in [-0.2, -0.15) is 5.10 Å².